The van der Waals surface area contributed by atoms with Gasteiger partial charge in [-0.2, -0.15) is 0 Å². The van der Waals surface area contributed by atoms with E-state index in [1.807, 2.05) is 0 Å². The fraction of sp³-hybridized carbons (Fsp3) is 0.571. The van der Waals surface area contributed by atoms with Crippen molar-refractivity contribution < 1.29 is 0 Å². The second-order valence-electron chi connectivity index (χ2n) is 5.28. The summed E-state index contributed by atoms with van der Waals surface area (Å²) in [4.78, 5) is 0. The third-order valence-corrected chi connectivity index (χ3v) is 4.64. The summed E-state index contributed by atoms with van der Waals surface area (Å²) in [6.07, 6.45) is 6.63. The van der Waals surface area contributed by atoms with Gasteiger partial charge in [0.1, 0.15) is 0 Å². The first-order valence-corrected chi connectivity index (χ1v) is 7.37. The highest BCUT2D eigenvalue weighted by Gasteiger charge is 2.31. The van der Waals surface area contributed by atoms with Crippen molar-refractivity contribution in [2.45, 2.75) is 50.2 Å². The van der Waals surface area contributed by atoms with Crippen LogP contribution >= 0.6 is 15.9 Å². The Bertz CT molecular complexity index is 382. The van der Waals surface area contributed by atoms with Gasteiger partial charge in [0, 0.05) is 28.3 Å². The summed E-state index contributed by atoms with van der Waals surface area (Å²) in [6.45, 7) is 0. The van der Waals surface area contributed by atoms with Gasteiger partial charge in [-0.05, 0) is 53.7 Å². The highest BCUT2D eigenvalue weighted by Crippen LogP contribution is 2.29. The molecule has 0 radical (unpaired) electrons. The quantitative estimate of drug-likeness (QED) is 0.872. The molecule has 0 aromatic heterocycles. The monoisotopic (exact) mass is 294 g/mol. The Morgan fingerprint density at radius 1 is 1.12 bits per heavy atom. The van der Waals surface area contributed by atoms with Crippen LogP contribution in [0.5, 0.6) is 0 Å². The average molecular weight is 295 g/mol. The standard InChI is InChI=1S/C14H19BrN2/c15-13-6-1-2-7-14(13)17-12-8-10-4-3-5-11(9-12)16-10/h1-2,6-7,10-12,16-17H,3-5,8-9H2. The molecule has 3 rings (SSSR count). The number of benzene rings is 1. The molecule has 1 aromatic carbocycles. The van der Waals surface area contributed by atoms with Gasteiger partial charge in [0.2, 0.25) is 0 Å². The topological polar surface area (TPSA) is 24.1 Å². The molecule has 2 N–H and O–H groups in total. The fourth-order valence-corrected chi connectivity index (χ4v) is 3.58. The van der Waals surface area contributed by atoms with Crippen LogP contribution in [0, 0.1) is 0 Å². The molecule has 2 saturated heterocycles. The van der Waals surface area contributed by atoms with E-state index in [1.54, 1.807) is 0 Å². The van der Waals surface area contributed by atoms with E-state index in [9.17, 15) is 0 Å². The van der Waals surface area contributed by atoms with Crippen molar-refractivity contribution in [1.82, 2.24) is 5.32 Å². The first-order valence-electron chi connectivity index (χ1n) is 6.58. The first-order chi connectivity index (χ1) is 8.31. The summed E-state index contributed by atoms with van der Waals surface area (Å²) < 4.78 is 1.17. The molecule has 2 fully saturated rings. The molecule has 2 nitrogen and oxygen atoms in total. The van der Waals surface area contributed by atoms with Crippen LogP contribution in [0.1, 0.15) is 32.1 Å². The number of halogens is 1. The maximum atomic E-state index is 3.73. The number of hydrogen-bond donors (Lipinski definition) is 2. The normalized spacial score (nSPS) is 32.2. The zero-order valence-electron chi connectivity index (χ0n) is 9.95. The molecule has 2 bridgehead atoms. The Labute approximate surface area is 111 Å². The molecular weight excluding hydrogens is 276 g/mol. The Balaban J connectivity index is 1.68. The second-order valence-corrected chi connectivity index (χ2v) is 6.14. The molecule has 1 aromatic rings. The van der Waals surface area contributed by atoms with E-state index in [-0.39, 0.29) is 0 Å². The van der Waals surface area contributed by atoms with Gasteiger partial charge in [-0.1, -0.05) is 18.6 Å². The predicted octanol–water partition coefficient (Wildman–Crippen LogP) is 3.53. The molecular formula is C14H19BrN2. The Hall–Kier alpha value is -0.540. The van der Waals surface area contributed by atoms with Gasteiger partial charge in [-0.25, -0.2) is 0 Å². The van der Waals surface area contributed by atoms with Crippen molar-refractivity contribution in [2.24, 2.45) is 0 Å². The Kier molecular flexibility index (Phi) is 3.39. The van der Waals surface area contributed by atoms with Crippen molar-refractivity contribution in [3.05, 3.63) is 28.7 Å². The number of anilines is 1. The molecule has 2 aliphatic rings. The lowest BCUT2D eigenvalue weighted by atomic mass is 9.84. The maximum absolute atomic E-state index is 3.73. The summed E-state index contributed by atoms with van der Waals surface area (Å²) in [5, 5.41) is 7.42. The first kappa shape index (κ1) is 11.5. The minimum atomic E-state index is 0.630. The summed E-state index contributed by atoms with van der Waals surface area (Å²) in [6, 6.07) is 10.5. The van der Waals surface area contributed by atoms with Crippen LogP contribution < -0.4 is 10.6 Å². The molecule has 92 valence electrons. The van der Waals surface area contributed by atoms with E-state index < -0.39 is 0 Å². The fourth-order valence-electron chi connectivity index (χ4n) is 3.18. The Morgan fingerprint density at radius 3 is 2.53 bits per heavy atom. The molecule has 0 spiro atoms. The molecule has 0 amide bonds. The van der Waals surface area contributed by atoms with Crippen LogP contribution in [0.25, 0.3) is 0 Å². The minimum Gasteiger partial charge on any atom is -0.381 e. The molecule has 0 saturated carbocycles. The van der Waals surface area contributed by atoms with Crippen LogP contribution in [0.15, 0.2) is 28.7 Å². The number of hydrogen-bond acceptors (Lipinski definition) is 2. The molecule has 0 aliphatic carbocycles. The van der Waals surface area contributed by atoms with E-state index in [4.69, 9.17) is 0 Å². The van der Waals surface area contributed by atoms with E-state index in [0.29, 0.717) is 6.04 Å². The average Bonchev–Trinajstić information content (AvgIpc) is 2.32. The van der Waals surface area contributed by atoms with Crippen molar-refractivity contribution in [3.63, 3.8) is 0 Å². The van der Waals surface area contributed by atoms with Crippen LogP contribution in [-0.4, -0.2) is 18.1 Å². The largest absolute Gasteiger partial charge is 0.381 e. The lowest BCUT2D eigenvalue weighted by Gasteiger charge is -2.41. The summed E-state index contributed by atoms with van der Waals surface area (Å²) >= 11 is 3.61. The predicted molar refractivity (Wildman–Crippen MR) is 75.3 cm³/mol. The molecule has 2 atom stereocenters. The lowest BCUT2D eigenvalue weighted by Crippen LogP contribution is -2.52. The summed E-state index contributed by atoms with van der Waals surface area (Å²) in [7, 11) is 0. The lowest BCUT2D eigenvalue weighted by molar-refractivity contribution is 0.230. The highest BCUT2D eigenvalue weighted by atomic mass is 79.9. The van der Waals surface area contributed by atoms with E-state index in [2.05, 4.69) is 50.8 Å². The van der Waals surface area contributed by atoms with Gasteiger partial charge in [0.25, 0.3) is 0 Å². The SMILES string of the molecule is Brc1ccccc1NC1CC2CCCC(C1)N2. The molecule has 3 heteroatoms. The minimum absolute atomic E-state index is 0.630. The third kappa shape index (κ3) is 2.66. The van der Waals surface area contributed by atoms with Crippen molar-refractivity contribution >= 4 is 21.6 Å². The van der Waals surface area contributed by atoms with Crippen LogP contribution in [-0.2, 0) is 0 Å². The van der Waals surface area contributed by atoms with Crippen LogP contribution in [0.3, 0.4) is 0 Å². The third-order valence-electron chi connectivity index (χ3n) is 3.95. The zero-order chi connectivity index (χ0) is 11.7. The maximum Gasteiger partial charge on any atom is 0.0486 e. The smallest absolute Gasteiger partial charge is 0.0486 e. The molecule has 2 aliphatic heterocycles. The number of piperidine rings is 2. The Morgan fingerprint density at radius 2 is 1.82 bits per heavy atom. The van der Waals surface area contributed by atoms with E-state index in [0.717, 1.165) is 12.1 Å². The highest BCUT2D eigenvalue weighted by molar-refractivity contribution is 9.10. The molecule has 2 heterocycles. The van der Waals surface area contributed by atoms with Crippen molar-refractivity contribution in [3.8, 4) is 0 Å². The van der Waals surface area contributed by atoms with Crippen molar-refractivity contribution in [1.29, 1.82) is 0 Å². The van der Waals surface area contributed by atoms with Crippen LogP contribution in [0.4, 0.5) is 5.69 Å². The number of rotatable bonds is 2. The van der Waals surface area contributed by atoms with Gasteiger partial charge >= 0.3 is 0 Å². The van der Waals surface area contributed by atoms with Gasteiger partial charge in [-0.3, -0.25) is 0 Å². The van der Waals surface area contributed by atoms with Gasteiger partial charge in [0.05, 0.1) is 0 Å². The van der Waals surface area contributed by atoms with Gasteiger partial charge < -0.3 is 10.6 Å². The zero-order valence-corrected chi connectivity index (χ0v) is 11.5. The second kappa shape index (κ2) is 4.99. The van der Waals surface area contributed by atoms with Crippen molar-refractivity contribution in [2.75, 3.05) is 5.32 Å². The molecule has 17 heavy (non-hydrogen) atoms. The van der Waals surface area contributed by atoms with Crippen LogP contribution in [0.2, 0.25) is 0 Å². The molecule has 2 unspecified atom stereocenters. The number of nitrogens with one attached hydrogen (secondary N) is 2. The van der Waals surface area contributed by atoms with E-state index in [1.165, 1.54) is 42.3 Å². The van der Waals surface area contributed by atoms with Gasteiger partial charge in [0.15, 0.2) is 0 Å². The number of fused-ring (bicyclic) bond motifs is 2. The van der Waals surface area contributed by atoms with Gasteiger partial charge in [-0.15, -0.1) is 0 Å². The summed E-state index contributed by atoms with van der Waals surface area (Å²) in [5.74, 6) is 0. The number of para-hydroxylation sites is 1. The van der Waals surface area contributed by atoms with E-state index >= 15 is 0 Å². The summed E-state index contributed by atoms with van der Waals surface area (Å²) in [5.41, 5.74) is 1.23.